The van der Waals surface area contributed by atoms with E-state index in [9.17, 15) is 0 Å². The summed E-state index contributed by atoms with van der Waals surface area (Å²) in [7, 11) is 1.53. The summed E-state index contributed by atoms with van der Waals surface area (Å²) in [6, 6.07) is 8.07. The minimum atomic E-state index is 0.534. The Hall–Kier alpha value is -2.27. The topological polar surface area (TPSA) is 40.0 Å². The van der Waals surface area contributed by atoms with Gasteiger partial charge in [0.25, 0.3) is 0 Å². The van der Waals surface area contributed by atoms with Gasteiger partial charge in [0.1, 0.15) is 31.8 Å². The molecule has 0 saturated heterocycles. The summed E-state index contributed by atoms with van der Waals surface area (Å²) in [5.41, 5.74) is 2.14. The molecule has 2 rings (SSSR count). The number of ether oxygens (including phenoxy) is 2. The Morgan fingerprint density at radius 3 is 2.54 bits per heavy atom. The molecule has 1 aromatic heterocycles. The fraction of sp³-hybridized carbons (Fsp3) is 0.316. The van der Waals surface area contributed by atoms with E-state index in [0.29, 0.717) is 13.2 Å². The van der Waals surface area contributed by atoms with E-state index in [1.54, 1.807) is 17.6 Å². The first-order valence-electron chi connectivity index (χ1n) is 7.77. The van der Waals surface area contributed by atoms with Crippen molar-refractivity contribution in [1.82, 2.24) is 0 Å². The van der Waals surface area contributed by atoms with Crippen molar-refractivity contribution in [2.45, 2.75) is 27.4 Å². The molecule has 24 heavy (non-hydrogen) atoms. The number of thiophene rings is 1. The molecule has 2 aromatic rings. The molecule has 0 radical (unpaired) electrons. The Balaban J connectivity index is 2.01. The van der Waals surface area contributed by atoms with Crippen LogP contribution in [-0.2, 0) is 11.4 Å². The molecular formula is C19H23NO3S. The van der Waals surface area contributed by atoms with Gasteiger partial charge in [-0.1, -0.05) is 17.3 Å². The summed E-state index contributed by atoms with van der Waals surface area (Å²) in [5.74, 6) is 1.78. The molecule has 0 bridgehead atoms. The number of hydrogen-bond acceptors (Lipinski definition) is 5. The maximum atomic E-state index is 6.02. The molecule has 0 aliphatic heterocycles. The SMILES string of the molecule is C/C=C/COc1cc(C)c(OCc2ccc(C=NOC)s2)c(C)c1. The Labute approximate surface area is 147 Å². The van der Waals surface area contributed by atoms with E-state index in [-0.39, 0.29) is 0 Å². The minimum absolute atomic E-state index is 0.534. The Morgan fingerprint density at radius 1 is 1.12 bits per heavy atom. The number of hydrogen-bond donors (Lipinski definition) is 0. The number of oxime groups is 1. The first kappa shape index (κ1) is 18.1. The molecule has 1 aromatic carbocycles. The van der Waals surface area contributed by atoms with E-state index in [4.69, 9.17) is 14.3 Å². The maximum Gasteiger partial charge on any atom is 0.125 e. The molecule has 5 heteroatoms. The van der Waals surface area contributed by atoms with Crippen molar-refractivity contribution in [2.75, 3.05) is 13.7 Å². The van der Waals surface area contributed by atoms with E-state index < -0.39 is 0 Å². The van der Waals surface area contributed by atoms with Crippen molar-refractivity contribution >= 4 is 17.6 Å². The molecule has 0 amide bonds. The van der Waals surface area contributed by atoms with Gasteiger partial charge >= 0.3 is 0 Å². The smallest absolute Gasteiger partial charge is 0.125 e. The van der Waals surface area contributed by atoms with Gasteiger partial charge in [-0.2, -0.15) is 0 Å². The predicted molar refractivity (Wildman–Crippen MR) is 99.5 cm³/mol. The van der Waals surface area contributed by atoms with Gasteiger partial charge in [0.05, 0.1) is 6.21 Å². The first-order valence-corrected chi connectivity index (χ1v) is 8.59. The Kier molecular flexibility index (Phi) is 6.88. The average molecular weight is 345 g/mol. The van der Waals surface area contributed by atoms with Crippen LogP contribution >= 0.6 is 11.3 Å². The first-order chi connectivity index (χ1) is 11.6. The number of benzene rings is 1. The zero-order chi connectivity index (χ0) is 17.4. The number of allylic oxidation sites excluding steroid dienone is 1. The third-order valence-corrected chi connectivity index (χ3v) is 4.34. The molecule has 0 spiro atoms. The predicted octanol–water partition coefficient (Wildman–Crippen LogP) is 4.88. The minimum Gasteiger partial charge on any atom is -0.490 e. The number of rotatable bonds is 8. The van der Waals surface area contributed by atoms with Gasteiger partial charge in [-0.25, -0.2) is 0 Å². The highest BCUT2D eigenvalue weighted by molar-refractivity contribution is 7.13. The van der Waals surface area contributed by atoms with Crippen molar-refractivity contribution in [2.24, 2.45) is 5.16 Å². The van der Waals surface area contributed by atoms with E-state index in [1.165, 1.54) is 7.11 Å². The van der Waals surface area contributed by atoms with Gasteiger partial charge in [-0.15, -0.1) is 11.3 Å². The highest BCUT2D eigenvalue weighted by Crippen LogP contribution is 2.29. The third kappa shape index (κ3) is 5.13. The van der Waals surface area contributed by atoms with Gasteiger partial charge in [0, 0.05) is 9.75 Å². The molecule has 0 aliphatic carbocycles. The fourth-order valence-electron chi connectivity index (χ4n) is 2.25. The molecular weight excluding hydrogens is 322 g/mol. The summed E-state index contributed by atoms with van der Waals surface area (Å²) in [5, 5.41) is 3.77. The van der Waals surface area contributed by atoms with Gasteiger partial charge in [-0.3, -0.25) is 0 Å². The Bertz CT molecular complexity index is 696. The van der Waals surface area contributed by atoms with Crippen molar-refractivity contribution in [3.63, 3.8) is 0 Å². The second-order valence-corrected chi connectivity index (χ2v) is 6.48. The highest BCUT2D eigenvalue weighted by Gasteiger charge is 2.08. The van der Waals surface area contributed by atoms with Crippen LogP contribution in [0.3, 0.4) is 0 Å². The highest BCUT2D eigenvalue weighted by atomic mass is 32.1. The number of aryl methyl sites for hydroxylation is 2. The molecule has 0 aliphatic rings. The third-order valence-electron chi connectivity index (χ3n) is 3.34. The second-order valence-electron chi connectivity index (χ2n) is 5.28. The van der Waals surface area contributed by atoms with Crippen molar-refractivity contribution < 1.29 is 14.3 Å². The van der Waals surface area contributed by atoms with Crippen LogP contribution in [0, 0.1) is 13.8 Å². The van der Waals surface area contributed by atoms with Crippen molar-refractivity contribution in [1.29, 1.82) is 0 Å². The monoisotopic (exact) mass is 345 g/mol. The van der Waals surface area contributed by atoms with Crippen molar-refractivity contribution in [3.05, 3.63) is 57.3 Å². The van der Waals surface area contributed by atoms with Crippen LogP contribution in [0.15, 0.2) is 41.6 Å². The summed E-state index contributed by atoms with van der Waals surface area (Å²) >= 11 is 1.63. The maximum absolute atomic E-state index is 6.02. The zero-order valence-electron chi connectivity index (χ0n) is 14.5. The van der Waals surface area contributed by atoms with Crippen LogP contribution in [0.25, 0.3) is 0 Å². The van der Waals surface area contributed by atoms with Crippen LogP contribution in [0.1, 0.15) is 27.8 Å². The van der Waals surface area contributed by atoms with Crippen LogP contribution in [0.4, 0.5) is 0 Å². The molecule has 0 N–H and O–H groups in total. The Morgan fingerprint density at radius 2 is 1.88 bits per heavy atom. The van der Waals surface area contributed by atoms with Gasteiger partial charge < -0.3 is 14.3 Å². The van der Waals surface area contributed by atoms with Gasteiger partial charge in [0.15, 0.2) is 0 Å². The van der Waals surface area contributed by atoms with E-state index >= 15 is 0 Å². The lowest BCUT2D eigenvalue weighted by molar-refractivity contribution is 0.215. The van der Waals surface area contributed by atoms with Gasteiger partial charge in [0.2, 0.25) is 0 Å². The average Bonchev–Trinajstić information content (AvgIpc) is 3.00. The summed E-state index contributed by atoms with van der Waals surface area (Å²) < 4.78 is 11.7. The second kappa shape index (κ2) is 9.13. The number of nitrogens with zero attached hydrogens (tertiary/aromatic N) is 1. The molecule has 1 heterocycles. The lowest BCUT2D eigenvalue weighted by Crippen LogP contribution is -1.99. The summed E-state index contributed by atoms with van der Waals surface area (Å²) in [4.78, 5) is 6.87. The van der Waals surface area contributed by atoms with E-state index in [0.717, 1.165) is 32.4 Å². The molecule has 0 atom stereocenters. The molecule has 128 valence electrons. The lowest BCUT2D eigenvalue weighted by Gasteiger charge is -2.14. The van der Waals surface area contributed by atoms with E-state index in [1.807, 2.05) is 57.2 Å². The lowest BCUT2D eigenvalue weighted by atomic mass is 10.1. The summed E-state index contributed by atoms with van der Waals surface area (Å²) in [6.45, 7) is 7.17. The largest absolute Gasteiger partial charge is 0.490 e. The molecule has 4 nitrogen and oxygen atoms in total. The zero-order valence-corrected chi connectivity index (χ0v) is 15.4. The van der Waals surface area contributed by atoms with Crippen LogP contribution in [-0.4, -0.2) is 19.9 Å². The fourth-order valence-corrected chi connectivity index (χ4v) is 3.04. The van der Waals surface area contributed by atoms with Crippen LogP contribution < -0.4 is 9.47 Å². The summed E-state index contributed by atoms with van der Waals surface area (Å²) in [6.07, 6.45) is 5.65. The molecule has 0 fully saturated rings. The van der Waals surface area contributed by atoms with Gasteiger partial charge in [-0.05, 0) is 56.2 Å². The quantitative estimate of drug-likeness (QED) is 0.389. The van der Waals surface area contributed by atoms with Crippen molar-refractivity contribution in [3.8, 4) is 11.5 Å². The standard InChI is InChI=1S/C19H23NO3S/c1-5-6-9-22-16-10-14(2)19(15(3)11-16)23-13-18-8-7-17(24-18)12-20-21-4/h5-8,10-12H,9,13H2,1-4H3/b6-5+,20-12?. The molecule has 0 unspecified atom stereocenters. The normalized spacial score (nSPS) is 11.3. The van der Waals surface area contributed by atoms with Crippen LogP contribution in [0.5, 0.6) is 11.5 Å². The molecule has 0 saturated carbocycles. The van der Waals surface area contributed by atoms with E-state index in [2.05, 4.69) is 5.16 Å². The van der Waals surface area contributed by atoms with Crippen LogP contribution in [0.2, 0.25) is 0 Å².